The number of carbonyl (C=O) groups excluding carboxylic acids is 2. The second kappa shape index (κ2) is 3.02. The van der Waals surface area contributed by atoms with Crippen LogP contribution in [0.3, 0.4) is 0 Å². The first kappa shape index (κ1) is 9.59. The van der Waals surface area contributed by atoms with E-state index in [2.05, 4.69) is 31.9 Å². The lowest BCUT2D eigenvalue weighted by molar-refractivity contribution is -0.119. The summed E-state index contributed by atoms with van der Waals surface area (Å²) in [7, 11) is 0. The van der Waals surface area contributed by atoms with Gasteiger partial charge < -0.3 is 0 Å². The molecule has 2 bridgehead atoms. The second-order valence-electron chi connectivity index (χ2n) is 3.71. The van der Waals surface area contributed by atoms with Crippen molar-refractivity contribution in [1.29, 1.82) is 0 Å². The number of carbonyl (C=O) groups is 2. The molecule has 2 aliphatic rings. The van der Waals surface area contributed by atoms with Crippen molar-refractivity contribution in [3.8, 4) is 0 Å². The molecule has 0 saturated heterocycles. The highest BCUT2D eigenvalue weighted by molar-refractivity contribution is 9.18. The van der Waals surface area contributed by atoms with Crippen LogP contribution in [0.25, 0.3) is 0 Å². The normalized spacial score (nSPS) is 36.2. The van der Waals surface area contributed by atoms with E-state index in [0.29, 0.717) is 11.5 Å². The molecule has 0 spiro atoms. The third kappa shape index (κ3) is 1.26. The van der Waals surface area contributed by atoms with Gasteiger partial charge in [0.25, 0.3) is 0 Å². The Balaban J connectivity index is 2.44. The zero-order valence-electron chi connectivity index (χ0n) is 6.85. The van der Waals surface area contributed by atoms with Crippen LogP contribution in [0, 0.1) is 11.3 Å². The Morgan fingerprint density at radius 2 is 2.15 bits per heavy atom. The number of allylic oxidation sites excluding steroid dienone is 2. The summed E-state index contributed by atoms with van der Waals surface area (Å²) < 4.78 is -0.179. The summed E-state index contributed by atoms with van der Waals surface area (Å²) in [6.45, 7) is 0. The van der Waals surface area contributed by atoms with Crippen LogP contribution in [-0.4, -0.2) is 9.39 Å². The van der Waals surface area contributed by atoms with E-state index in [-0.39, 0.29) is 9.39 Å². The molecule has 2 atom stereocenters. The van der Waals surface area contributed by atoms with Gasteiger partial charge in [0.05, 0.1) is 5.41 Å². The van der Waals surface area contributed by atoms with Gasteiger partial charge in [-0.1, -0.05) is 6.08 Å². The average Bonchev–Trinajstić information content (AvgIpc) is 2.60. The van der Waals surface area contributed by atoms with Crippen molar-refractivity contribution in [1.82, 2.24) is 0 Å². The van der Waals surface area contributed by atoms with E-state index < -0.39 is 5.41 Å². The zero-order valence-corrected chi connectivity index (χ0v) is 10.0. The second-order valence-corrected chi connectivity index (χ2v) is 5.15. The zero-order chi connectivity index (χ0) is 9.64. The van der Waals surface area contributed by atoms with Gasteiger partial charge >= 0.3 is 0 Å². The first-order valence-electron chi connectivity index (χ1n) is 4.18. The highest BCUT2D eigenvalue weighted by Gasteiger charge is 2.52. The summed E-state index contributed by atoms with van der Waals surface area (Å²) in [6, 6.07) is 0. The fourth-order valence-corrected chi connectivity index (χ4v) is 3.49. The molecule has 4 heteroatoms. The highest BCUT2D eigenvalue weighted by atomic mass is 79.9. The third-order valence-corrected chi connectivity index (χ3v) is 4.24. The number of hydrogen-bond donors (Lipinski definition) is 0. The van der Waals surface area contributed by atoms with Crippen molar-refractivity contribution in [3.05, 3.63) is 11.6 Å². The van der Waals surface area contributed by atoms with Crippen LogP contribution in [0.5, 0.6) is 0 Å². The van der Waals surface area contributed by atoms with Crippen molar-refractivity contribution in [2.75, 3.05) is 0 Å². The molecule has 2 aliphatic carbocycles. The minimum Gasteiger partial charge on any atom is -0.286 e. The topological polar surface area (TPSA) is 34.1 Å². The SMILES string of the molecule is O=C(Br)C1=CC2CCC1(C(=O)Br)C2. The highest BCUT2D eigenvalue weighted by Crippen LogP contribution is 2.55. The molecule has 2 unspecified atom stereocenters. The molecule has 0 aromatic heterocycles. The van der Waals surface area contributed by atoms with Crippen molar-refractivity contribution in [2.45, 2.75) is 19.3 Å². The first-order chi connectivity index (χ1) is 6.06. The lowest BCUT2D eigenvalue weighted by atomic mass is 9.82. The van der Waals surface area contributed by atoms with E-state index in [9.17, 15) is 9.59 Å². The number of fused-ring (bicyclic) bond motifs is 2. The van der Waals surface area contributed by atoms with Gasteiger partial charge in [0.1, 0.15) is 0 Å². The van der Waals surface area contributed by atoms with Gasteiger partial charge in [-0.3, -0.25) is 9.59 Å². The predicted octanol–water partition coefficient (Wildman–Crippen LogP) is 2.56. The standard InChI is InChI=1S/C9H8Br2O2/c10-7(12)6-3-5-1-2-9(6,4-5)8(11)13/h3,5H,1-2,4H2. The fourth-order valence-electron chi connectivity index (χ4n) is 2.40. The van der Waals surface area contributed by atoms with Crippen LogP contribution in [-0.2, 0) is 9.59 Å². The molecule has 0 aliphatic heterocycles. The Kier molecular flexibility index (Phi) is 2.23. The van der Waals surface area contributed by atoms with Crippen LogP contribution in [0.1, 0.15) is 19.3 Å². The Hall–Kier alpha value is 0.0400. The molecule has 0 aromatic rings. The summed E-state index contributed by atoms with van der Waals surface area (Å²) in [5.41, 5.74) is 0.149. The molecule has 0 heterocycles. The van der Waals surface area contributed by atoms with E-state index in [1.54, 1.807) is 0 Å². The van der Waals surface area contributed by atoms with Crippen LogP contribution in [0.2, 0.25) is 0 Å². The molecule has 0 radical (unpaired) electrons. The molecule has 1 fully saturated rings. The average molecular weight is 308 g/mol. The van der Waals surface area contributed by atoms with Gasteiger partial charge in [-0.25, -0.2) is 0 Å². The van der Waals surface area contributed by atoms with Crippen molar-refractivity contribution >= 4 is 41.2 Å². The molecule has 2 nitrogen and oxygen atoms in total. The van der Waals surface area contributed by atoms with Gasteiger partial charge in [0.2, 0.25) is 9.39 Å². The third-order valence-electron chi connectivity index (χ3n) is 3.06. The maximum absolute atomic E-state index is 11.4. The Morgan fingerprint density at radius 3 is 2.54 bits per heavy atom. The van der Waals surface area contributed by atoms with Gasteiger partial charge in [-0.15, -0.1) is 0 Å². The molecular formula is C9H8Br2O2. The van der Waals surface area contributed by atoms with E-state index in [0.717, 1.165) is 19.3 Å². The molecule has 2 rings (SSSR count). The molecule has 0 aromatic carbocycles. The minimum absolute atomic E-state index is 0.0425. The molecule has 1 saturated carbocycles. The molecule has 13 heavy (non-hydrogen) atoms. The largest absolute Gasteiger partial charge is 0.286 e. The van der Waals surface area contributed by atoms with Gasteiger partial charge in [-0.2, -0.15) is 0 Å². The smallest absolute Gasteiger partial charge is 0.224 e. The Morgan fingerprint density at radius 1 is 1.46 bits per heavy atom. The minimum atomic E-state index is -0.509. The van der Waals surface area contributed by atoms with Crippen molar-refractivity contribution in [3.63, 3.8) is 0 Å². The van der Waals surface area contributed by atoms with Gasteiger partial charge in [-0.05, 0) is 57.0 Å². The monoisotopic (exact) mass is 306 g/mol. The summed E-state index contributed by atoms with van der Waals surface area (Å²) >= 11 is 5.93. The maximum Gasteiger partial charge on any atom is 0.224 e. The van der Waals surface area contributed by atoms with E-state index in [1.807, 2.05) is 6.08 Å². The number of hydrogen-bond acceptors (Lipinski definition) is 2. The fraction of sp³-hybridized carbons (Fsp3) is 0.556. The van der Waals surface area contributed by atoms with Gasteiger partial charge in [0, 0.05) is 5.57 Å². The molecular weight excluding hydrogens is 300 g/mol. The molecule has 0 N–H and O–H groups in total. The van der Waals surface area contributed by atoms with E-state index in [4.69, 9.17) is 0 Å². The van der Waals surface area contributed by atoms with Crippen molar-refractivity contribution in [2.24, 2.45) is 11.3 Å². The Bertz CT molecular complexity index is 322. The summed E-state index contributed by atoms with van der Waals surface area (Å²) in [6.07, 6.45) is 4.59. The van der Waals surface area contributed by atoms with Crippen LogP contribution in [0.15, 0.2) is 11.6 Å². The lowest BCUT2D eigenvalue weighted by Gasteiger charge is -2.23. The quantitative estimate of drug-likeness (QED) is 0.735. The Labute approximate surface area is 93.0 Å². The first-order valence-corrected chi connectivity index (χ1v) is 5.77. The predicted molar refractivity (Wildman–Crippen MR) is 55.7 cm³/mol. The van der Waals surface area contributed by atoms with Crippen LogP contribution < -0.4 is 0 Å². The molecule has 0 amide bonds. The van der Waals surface area contributed by atoms with Crippen molar-refractivity contribution < 1.29 is 9.59 Å². The van der Waals surface area contributed by atoms with Gasteiger partial charge in [0.15, 0.2) is 0 Å². The lowest BCUT2D eigenvalue weighted by Crippen LogP contribution is -2.27. The maximum atomic E-state index is 11.4. The van der Waals surface area contributed by atoms with E-state index >= 15 is 0 Å². The number of rotatable bonds is 2. The summed E-state index contributed by atoms with van der Waals surface area (Å²) in [5, 5.41) is 0. The summed E-state index contributed by atoms with van der Waals surface area (Å²) in [4.78, 5) is 22.7. The van der Waals surface area contributed by atoms with E-state index in [1.165, 1.54) is 0 Å². The number of halogens is 2. The van der Waals surface area contributed by atoms with Crippen LogP contribution >= 0.6 is 31.9 Å². The summed E-state index contributed by atoms with van der Waals surface area (Å²) in [5.74, 6) is 0.429. The molecule has 70 valence electrons. The van der Waals surface area contributed by atoms with Crippen LogP contribution in [0.4, 0.5) is 0 Å².